The molecule has 1 heterocycles. The molecule has 0 spiro atoms. The summed E-state index contributed by atoms with van der Waals surface area (Å²) in [5, 5.41) is 0. The zero-order valence-corrected chi connectivity index (χ0v) is 8.48. The van der Waals surface area contributed by atoms with Crippen molar-refractivity contribution in [3.05, 3.63) is 11.8 Å². The average Bonchev–Trinajstić information content (AvgIpc) is 2.20. The Labute approximate surface area is 85.0 Å². The van der Waals surface area contributed by atoms with Gasteiger partial charge < -0.3 is 16.2 Å². The minimum Gasteiger partial charge on any atom is -0.402 e. The predicted octanol–water partition coefficient (Wildman–Crippen LogP) is 0.775. The highest BCUT2D eigenvalue weighted by Crippen LogP contribution is 2.12. The number of aliphatic imine (C=N–C) groups is 1. The van der Waals surface area contributed by atoms with Crippen molar-refractivity contribution in [1.29, 1.82) is 0 Å². The van der Waals surface area contributed by atoms with E-state index in [1.54, 1.807) is 12.3 Å². The maximum Gasteiger partial charge on any atom is 0.148 e. The molecule has 1 unspecified atom stereocenters. The van der Waals surface area contributed by atoms with Crippen molar-refractivity contribution in [2.75, 3.05) is 13.2 Å². The predicted molar refractivity (Wildman–Crippen MR) is 58.0 cm³/mol. The summed E-state index contributed by atoms with van der Waals surface area (Å²) >= 11 is 0. The van der Waals surface area contributed by atoms with E-state index in [0.29, 0.717) is 6.54 Å². The topological polar surface area (TPSA) is 73.6 Å². The summed E-state index contributed by atoms with van der Waals surface area (Å²) in [4.78, 5) is 4.26. The monoisotopic (exact) mass is 197 g/mol. The molecule has 0 aromatic heterocycles. The van der Waals surface area contributed by atoms with Gasteiger partial charge in [0.15, 0.2) is 0 Å². The van der Waals surface area contributed by atoms with Crippen molar-refractivity contribution < 1.29 is 4.74 Å². The Bertz CT molecular complexity index is 207. The number of hydrogen-bond acceptors (Lipinski definition) is 4. The second kappa shape index (κ2) is 6.56. The van der Waals surface area contributed by atoms with Crippen LogP contribution in [0.2, 0.25) is 0 Å². The lowest BCUT2D eigenvalue weighted by Crippen LogP contribution is -2.16. The lowest BCUT2D eigenvalue weighted by atomic mass is 10.2. The van der Waals surface area contributed by atoms with Crippen LogP contribution in [0.3, 0.4) is 0 Å². The normalized spacial score (nSPS) is 24.4. The van der Waals surface area contributed by atoms with Gasteiger partial charge in [0.25, 0.3) is 0 Å². The van der Waals surface area contributed by atoms with Crippen molar-refractivity contribution in [3.8, 4) is 0 Å². The summed E-state index contributed by atoms with van der Waals surface area (Å²) in [6.07, 6.45) is 7.64. The molecule has 4 heteroatoms. The molecule has 1 atom stereocenters. The molecule has 0 aromatic rings. The van der Waals surface area contributed by atoms with Gasteiger partial charge in [-0.25, -0.2) is 0 Å². The summed E-state index contributed by atoms with van der Waals surface area (Å²) in [7, 11) is 0. The quantitative estimate of drug-likeness (QED) is 0.654. The summed E-state index contributed by atoms with van der Waals surface area (Å²) in [5.41, 5.74) is 11.8. The van der Waals surface area contributed by atoms with Crippen LogP contribution in [0, 0.1) is 0 Å². The van der Waals surface area contributed by atoms with Crippen LogP contribution in [-0.4, -0.2) is 25.6 Å². The van der Waals surface area contributed by atoms with E-state index in [-0.39, 0.29) is 6.23 Å². The van der Waals surface area contributed by atoms with Gasteiger partial charge in [-0.05, 0) is 38.3 Å². The SMILES string of the molecule is NCCC(N)=CC=NC1CCCCO1. The van der Waals surface area contributed by atoms with E-state index in [1.165, 1.54) is 6.42 Å². The minimum atomic E-state index is 0.0330. The van der Waals surface area contributed by atoms with Crippen LogP contribution in [0.5, 0.6) is 0 Å². The molecule has 0 amide bonds. The molecule has 0 saturated carbocycles. The third kappa shape index (κ3) is 4.39. The van der Waals surface area contributed by atoms with Gasteiger partial charge >= 0.3 is 0 Å². The zero-order chi connectivity index (χ0) is 10.2. The molecule has 14 heavy (non-hydrogen) atoms. The van der Waals surface area contributed by atoms with E-state index >= 15 is 0 Å². The molecule has 1 aliphatic rings. The third-order valence-electron chi connectivity index (χ3n) is 2.13. The first-order valence-electron chi connectivity index (χ1n) is 5.12. The maximum absolute atomic E-state index is 5.65. The Hall–Kier alpha value is -0.870. The molecule has 0 aliphatic carbocycles. The molecule has 80 valence electrons. The van der Waals surface area contributed by atoms with Crippen LogP contribution >= 0.6 is 0 Å². The smallest absolute Gasteiger partial charge is 0.148 e. The molecule has 1 aliphatic heterocycles. The Morgan fingerprint density at radius 2 is 2.36 bits per heavy atom. The molecule has 0 aromatic carbocycles. The summed E-state index contributed by atoms with van der Waals surface area (Å²) in [6.45, 7) is 1.40. The molecule has 1 saturated heterocycles. The Morgan fingerprint density at radius 1 is 1.50 bits per heavy atom. The van der Waals surface area contributed by atoms with Crippen LogP contribution < -0.4 is 11.5 Å². The lowest BCUT2D eigenvalue weighted by molar-refractivity contribution is 0.0227. The molecule has 4 N–H and O–H groups in total. The summed E-state index contributed by atoms with van der Waals surface area (Å²) in [5.74, 6) is 0. The Morgan fingerprint density at radius 3 is 3.00 bits per heavy atom. The van der Waals surface area contributed by atoms with Crippen molar-refractivity contribution in [3.63, 3.8) is 0 Å². The van der Waals surface area contributed by atoms with Crippen molar-refractivity contribution in [2.24, 2.45) is 16.5 Å². The van der Waals surface area contributed by atoms with Crippen LogP contribution in [0.25, 0.3) is 0 Å². The second-order valence-electron chi connectivity index (χ2n) is 3.40. The Kier molecular flexibility index (Phi) is 5.25. The average molecular weight is 197 g/mol. The second-order valence-corrected chi connectivity index (χ2v) is 3.40. The van der Waals surface area contributed by atoms with Crippen molar-refractivity contribution in [1.82, 2.24) is 0 Å². The van der Waals surface area contributed by atoms with Crippen LogP contribution in [0.1, 0.15) is 25.7 Å². The van der Waals surface area contributed by atoms with Gasteiger partial charge in [-0.15, -0.1) is 0 Å². The third-order valence-corrected chi connectivity index (χ3v) is 2.13. The van der Waals surface area contributed by atoms with Gasteiger partial charge in [-0.3, -0.25) is 4.99 Å². The number of rotatable bonds is 4. The highest BCUT2D eigenvalue weighted by molar-refractivity contribution is 5.72. The molecular weight excluding hydrogens is 178 g/mol. The Balaban J connectivity index is 2.27. The molecule has 4 nitrogen and oxygen atoms in total. The van der Waals surface area contributed by atoms with E-state index in [2.05, 4.69) is 4.99 Å². The number of nitrogens with two attached hydrogens (primary N) is 2. The zero-order valence-electron chi connectivity index (χ0n) is 8.48. The fraction of sp³-hybridized carbons (Fsp3) is 0.700. The van der Waals surface area contributed by atoms with E-state index in [9.17, 15) is 0 Å². The first kappa shape index (κ1) is 11.2. The fourth-order valence-corrected chi connectivity index (χ4v) is 1.33. The van der Waals surface area contributed by atoms with Gasteiger partial charge in [-0.1, -0.05) is 0 Å². The summed E-state index contributed by atoms with van der Waals surface area (Å²) in [6, 6.07) is 0. The first-order chi connectivity index (χ1) is 6.83. The minimum absolute atomic E-state index is 0.0330. The van der Waals surface area contributed by atoms with Crippen LogP contribution in [0.15, 0.2) is 16.8 Å². The first-order valence-corrected chi connectivity index (χ1v) is 5.12. The number of ether oxygens (including phenoxy) is 1. The number of nitrogens with zero attached hydrogens (tertiary/aromatic N) is 1. The molecule has 0 radical (unpaired) electrons. The van der Waals surface area contributed by atoms with E-state index in [0.717, 1.165) is 31.6 Å². The van der Waals surface area contributed by atoms with Gasteiger partial charge in [-0.2, -0.15) is 0 Å². The van der Waals surface area contributed by atoms with Crippen molar-refractivity contribution >= 4 is 6.21 Å². The molecular formula is C10H19N3O. The van der Waals surface area contributed by atoms with E-state index in [4.69, 9.17) is 16.2 Å². The van der Waals surface area contributed by atoms with Crippen LogP contribution in [-0.2, 0) is 4.74 Å². The van der Waals surface area contributed by atoms with Gasteiger partial charge in [0.05, 0.1) is 0 Å². The maximum atomic E-state index is 5.65. The number of allylic oxidation sites excluding steroid dienone is 1. The molecule has 1 rings (SSSR count). The van der Waals surface area contributed by atoms with Crippen LogP contribution in [0.4, 0.5) is 0 Å². The van der Waals surface area contributed by atoms with E-state index in [1.807, 2.05) is 0 Å². The number of hydrogen-bond donors (Lipinski definition) is 2. The standard InChI is InChI=1S/C10H19N3O/c11-6-4-9(12)5-7-13-10-3-1-2-8-14-10/h5,7,10H,1-4,6,8,11-12H2. The summed E-state index contributed by atoms with van der Waals surface area (Å²) < 4.78 is 5.43. The molecule has 1 fully saturated rings. The van der Waals surface area contributed by atoms with E-state index < -0.39 is 0 Å². The van der Waals surface area contributed by atoms with Gasteiger partial charge in [0, 0.05) is 18.5 Å². The van der Waals surface area contributed by atoms with Gasteiger partial charge in [0.1, 0.15) is 6.23 Å². The lowest BCUT2D eigenvalue weighted by Gasteiger charge is -2.18. The molecule has 0 bridgehead atoms. The highest BCUT2D eigenvalue weighted by Gasteiger charge is 2.10. The van der Waals surface area contributed by atoms with Crippen molar-refractivity contribution in [2.45, 2.75) is 31.9 Å². The fourth-order valence-electron chi connectivity index (χ4n) is 1.33. The highest BCUT2D eigenvalue weighted by atomic mass is 16.5. The van der Waals surface area contributed by atoms with Gasteiger partial charge in [0.2, 0.25) is 0 Å². The largest absolute Gasteiger partial charge is 0.402 e.